The van der Waals surface area contributed by atoms with Crippen LogP contribution in [-0.2, 0) is 4.74 Å². The molecule has 3 aromatic rings. The number of esters is 1. The van der Waals surface area contributed by atoms with E-state index in [4.69, 9.17) is 4.74 Å². The lowest BCUT2D eigenvalue weighted by molar-refractivity contribution is 0.0495. The number of unbranched alkanes of at least 4 members (excludes halogenated alkanes) is 1. The first-order valence-electron chi connectivity index (χ1n) is 8.60. The average molecular weight is 334 g/mol. The molecular weight excluding hydrogens is 312 g/mol. The number of carbonyl (C=O) groups is 1. The van der Waals surface area contributed by atoms with Gasteiger partial charge in [-0.1, -0.05) is 55.8 Å². The number of phenolic OH excluding ortho intramolecular Hbond substituents is 1. The van der Waals surface area contributed by atoms with Gasteiger partial charge in [-0.3, -0.25) is 0 Å². The largest absolute Gasteiger partial charge is 0.507 e. The van der Waals surface area contributed by atoms with Crippen molar-refractivity contribution in [3.8, 4) is 16.9 Å². The van der Waals surface area contributed by atoms with Gasteiger partial charge in [0.25, 0.3) is 0 Å². The molecular formula is C22H22O3. The molecule has 0 aliphatic heterocycles. The summed E-state index contributed by atoms with van der Waals surface area (Å²) < 4.78 is 5.29. The van der Waals surface area contributed by atoms with Crippen LogP contribution in [0.3, 0.4) is 0 Å². The third kappa shape index (κ3) is 3.50. The molecule has 3 nitrogen and oxygen atoms in total. The highest BCUT2D eigenvalue weighted by atomic mass is 16.5. The Morgan fingerprint density at radius 3 is 2.56 bits per heavy atom. The van der Waals surface area contributed by atoms with Crippen molar-refractivity contribution in [3.63, 3.8) is 0 Å². The fourth-order valence-electron chi connectivity index (χ4n) is 3.01. The van der Waals surface area contributed by atoms with Crippen LogP contribution in [0.4, 0.5) is 0 Å². The number of fused-ring (bicyclic) bond motifs is 1. The fourth-order valence-corrected chi connectivity index (χ4v) is 3.01. The van der Waals surface area contributed by atoms with E-state index in [0.717, 1.165) is 34.9 Å². The Bertz CT molecular complexity index is 912. The zero-order valence-electron chi connectivity index (χ0n) is 14.6. The highest BCUT2D eigenvalue weighted by Crippen LogP contribution is 2.33. The van der Waals surface area contributed by atoms with Crippen molar-refractivity contribution < 1.29 is 14.6 Å². The Morgan fingerprint density at radius 2 is 1.80 bits per heavy atom. The second-order valence-electron chi connectivity index (χ2n) is 6.18. The van der Waals surface area contributed by atoms with Gasteiger partial charge in [-0.25, -0.2) is 4.79 Å². The maximum absolute atomic E-state index is 12.4. The van der Waals surface area contributed by atoms with Crippen molar-refractivity contribution in [1.29, 1.82) is 0 Å². The molecule has 0 aromatic heterocycles. The standard InChI is InChI=1S/C22H22O3/c1-3-4-13-25-22(24)21-15(2)19(11-12-20(21)23)18-10-9-16-7-5-6-8-17(16)14-18/h5-12,14,23H,3-4,13H2,1-2H3. The number of hydrogen-bond donors (Lipinski definition) is 1. The lowest BCUT2D eigenvalue weighted by Gasteiger charge is -2.13. The van der Waals surface area contributed by atoms with Gasteiger partial charge < -0.3 is 9.84 Å². The van der Waals surface area contributed by atoms with Crippen LogP contribution in [0, 0.1) is 6.92 Å². The van der Waals surface area contributed by atoms with Crippen molar-refractivity contribution in [2.24, 2.45) is 0 Å². The van der Waals surface area contributed by atoms with E-state index in [0.29, 0.717) is 6.61 Å². The predicted octanol–water partition coefficient (Wildman–Crippen LogP) is 5.48. The van der Waals surface area contributed by atoms with Crippen molar-refractivity contribution in [2.75, 3.05) is 6.61 Å². The minimum atomic E-state index is -0.467. The number of ether oxygens (including phenoxy) is 1. The third-order valence-corrected chi connectivity index (χ3v) is 4.44. The van der Waals surface area contributed by atoms with Crippen LogP contribution < -0.4 is 0 Å². The summed E-state index contributed by atoms with van der Waals surface area (Å²) in [5.74, 6) is -0.505. The summed E-state index contributed by atoms with van der Waals surface area (Å²) in [5, 5.41) is 12.5. The molecule has 0 saturated carbocycles. The normalized spacial score (nSPS) is 10.8. The predicted molar refractivity (Wildman–Crippen MR) is 101 cm³/mol. The molecule has 3 rings (SSSR count). The second kappa shape index (κ2) is 7.39. The van der Waals surface area contributed by atoms with Crippen LogP contribution in [0.1, 0.15) is 35.7 Å². The molecule has 0 fully saturated rings. The van der Waals surface area contributed by atoms with Crippen molar-refractivity contribution in [2.45, 2.75) is 26.7 Å². The molecule has 0 amide bonds. The number of aromatic hydroxyl groups is 1. The molecule has 128 valence electrons. The Labute approximate surface area is 147 Å². The van der Waals surface area contributed by atoms with Gasteiger partial charge >= 0.3 is 5.97 Å². The topological polar surface area (TPSA) is 46.5 Å². The fraction of sp³-hybridized carbons (Fsp3) is 0.227. The number of benzene rings is 3. The number of phenols is 1. The van der Waals surface area contributed by atoms with Crippen LogP contribution in [-0.4, -0.2) is 17.7 Å². The van der Waals surface area contributed by atoms with Gasteiger partial charge in [0.05, 0.1) is 6.61 Å². The van der Waals surface area contributed by atoms with Gasteiger partial charge in [0, 0.05) is 0 Å². The average Bonchev–Trinajstić information content (AvgIpc) is 2.62. The lowest BCUT2D eigenvalue weighted by atomic mass is 9.94. The van der Waals surface area contributed by atoms with Crippen molar-refractivity contribution in [1.82, 2.24) is 0 Å². The Balaban J connectivity index is 2.01. The Hall–Kier alpha value is -2.81. The van der Waals surface area contributed by atoms with E-state index in [-0.39, 0.29) is 11.3 Å². The molecule has 0 spiro atoms. The number of rotatable bonds is 5. The number of carbonyl (C=O) groups excluding carboxylic acids is 1. The SMILES string of the molecule is CCCCOC(=O)c1c(O)ccc(-c2ccc3ccccc3c2)c1C. The van der Waals surface area contributed by atoms with Crippen LogP contribution >= 0.6 is 0 Å². The number of hydrogen-bond acceptors (Lipinski definition) is 3. The first kappa shape index (κ1) is 17.0. The summed E-state index contributed by atoms with van der Waals surface area (Å²) in [4.78, 5) is 12.4. The van der Waals surface area contributed by atoms with E-state index in [9.17, 15) is 9.90 Å². The van der Waals surface area contributed by atoms with Gasteiger partial charge in [0.15, 0.2) is 0 Å². The zero-order chi connectivity index (χ0) is 17.8. The van der Waals surface area contributed by atoms with E-state index >= 15 is 0 Å². The van der Waals surface area contributed by atoms with E-state index in [1.165, 1.54) is 5.39 Å². The lowest BCUT2D eigenvalue weighted by Crippen LogP contribution is -2.09. The highest BCUT2D eigenvalue weighted by Gasteiger charge is 2.19. The van der Waals surface area contributed by atoms with E-state index in [1.807, 2.05) is 38.1 Å². The maximum atomic E-state index is 12.4. The third-order valence-electron chi connectivity index (χ3n) is 4.44. The molecule has 0 aliphatic rings. The summed E-state index contributed by atoms with van der Waals surface area (Å²) in [6.07, 6.45) is 1.77. The van der Waals surface area contributed by atoms with Gasteiger partial charge in [0.2, 0.25) is 0 Å². The first-order chi connectivity index (χ1) is 12.1. The molecule has 0 saturated heterocycles. The summed E-state index contributed by atoms with van der Waals surface area (Å²) in [5.41, 5.74) is 2.92. The smallest absolute Gasteiger partial charge is 0.342 e. The van der Waals surface area contributed by atoms with Gasteiger partial charge in [0.1, 0.15) is 11.3 Å². The summed E-state index contributed by atoms with van der Waals surface area (Å²) in [7, 11) is 0. The molecule has 25 heavy (non-hydrogen) atoms. The molecule has 0 bridgehead atoms. The Kier molecular flexibility index (Phi) is 5.03. The molecule has 1 N–H and O–H groups in total. The van der Waals surface area contributed by atoms with Crippen molar-refractivity contribution in [3.05, 3.63) is 65.7 Å². The molecule has 3 heteroatoms. The van der Waals surface area contributed by atoms with E-state index in [1.54, 1.807) is 6.07 Å². The zero-order valence-corrected chi connectivity index (χ0v) is 14.6. The van der Waals surface area contributed by atoms with Gasteiger partial charge in [-0.15, -0.1) is 0 Å². The maximum Gasteiger partial charge on any atom is 0.342 e. The Morgan fingerprint density at radius 1 is 1.04 bits per heavy atom. The highest BCUT2D eigenvalue weighted by molar-refractivity contribution is 5.97. The minimum absolute atomic E-state index is 0.0384. The van der Waals surface area contributed by atoms with Gasteiger partial charge in [-0.2, -0.15) is 0 Å². The summed E-state index contributed by atoms with van der Waals surface area (Å²) in [6, 6.07) is 17.8. The molecule has 0 unspecified atom stereocenters. The second-order valence-corrected chi connectivity index (χ2v) is 6.18. The molecule has 0 radical (unpaired) electrons. The first-order valence-corrected chi connectivity index (χ1v) is 8.60. The van der Waals surface area contributed by atoms with Crippen LogP contribution in [0.5, 0.6) is 5.75 Å². The van der Waals surface area contributed by atoms with Crippen molar-refractivity contribution >= 4 is 16.7 Å². The van der Waals surface area contributed by atoms with Crippen LogP contribution in [0.15, 0.2) is 54.6 Å². The van der Waals surface area contributed by atoms with Crippen LogP contribution in [0.2, 0.25) is 0 Å². The molecule has 0 aliphatic carbocycles. The molecule has 0 atom stereocenters. The molecule has 0 heterocycles. The van der Waals surface area contributed by atoms with E-state index < -0.39 is 5.97 Å². The summed E-state index contributed by atoms with van der Waals surface area (Å²) in [6.45, 7) is 4.26. The van der Waals surface area contributed by atoms with Gasteiger partial charge in [-0.05, 0) is 52.9 Å². The molecule has 3 aromatic carbocycles. The summed E-state index contributed by atoms with van der Waals surface area (Å²) >= 11 is 0. The minimum Gasteiger partial charge on any atom is -0.507 e. The van der Waals surface area contributed by atoms with E-state index in [2.05, 4.69) is 24.3 Å². The monoisotopic (exact) mass is 334 g/mol. The van der Waals surface area contributed by atoms with Crippen LogP contribution in [0.25, 0.3) is 21.9 Å². The quantitative estimate of drug-likeness (QED) is 0.496.